The summed E-state index contributed by atoms with van der Waals surface area (Å²) < 4.78 is 29.6. The van der Waals surface area contributed by atoms with Gasteiger partial charge < -0.3 is 19.9 Å². The molecule has 13 heteroatoms. The van der Waals surface area contributed by atoms with E-state index in [9.17, 15) is 14.5 Å². The summed E-state index contributed by atoms with van der Waals surface area (Å²) in [4.78, 5) is 39.7. The number of ether oxygens (including phenoxy) is 3. The molecule has 2 aliphatic rings. The number of nitrogen functional groups attached to an aromatic ring is 1. The Kier molecular flexibility index (Phi) is 8.89. The molecule has 1 saturated heterocycles. The summed E-state index contributed by atoms with van der Waals surface area (Å²) in [6.07, 6.45) is 4.55. The van der Waals surface area contributed by atoms with Gasteiger partial charge in [-0.3, -0.25) is 13.9 Å². The minimum atomic E-state index is -3.82. The molecule has 0 amide bonds. The van der Waals surface area contributed by atoms with E-state index in [-0.39, 0.29) is 25.1 Å². The molecule has 2 fully saturated rings. The largest absolute Gasteiger partial charge is 0.544 e. The van der Waals surface area contributed by atoms with Crippen LogP contribution in [0.3, 0.4) is 0 Å². The van der Waals surface area contributed by atoms with Gasteiger partial charge in [0.15, 0.2) is 24.9 Å². The lowest BCUT2D eigenvalue weighted by Crippen LogP contribution is -2.40. The first kappa shape index (κ1) is 26.5. The van der Waals surface area contributed by atoms with E-state index < -0.39 is 38.3 Å². The van der Waals surface area contributed by atoms with Crippen molar-refractivity contribution in [2.45, 2.75) is 63.7 Å². The average Bonchev–Trinajstić information content (AvgIpc) is 3.33. The number of nitrogens with one attached hydrogen (secondary N) is 1. The van der Waals surface area contributed by atoms with Gasteiger partial charge in [0.05, 0.1) is 6.61 Å². The highest BCUT2D eigenvalue weighted by Gasteiger charge is 2.48. The third-order valence-corrected chi connectivity index (χ3v) is 7.47. The fourth-order valence-corrected chi connectivity index (χ4v) is 5.45. The first-order valence-corrected chi connectivity index (χ1v) is 13.5. The molecule has 0 radical (unpaired) electrons. The monoisotopic (exact) mass is 523 g/mol. The summed E-state index contributed by atoms with van der Waals surface area (Å²) in [6, 6.07) is 9.17. The van der Waals surface area contributed by atoms with Crippen LogP contribution in [0, 0.1) is 0 Å². The van der Waals surface area contributed by atoms with Gasteiger partial charge in [-0.15, -0.1) is 0 Å². The molecule has 196 valence electrons. The zero-order valence-electron chi connectivity index (χ0n) is 20.0. The van der Waals surface area contributed by atoms with Gasteiger partial charge in [-0.25, -0.2) is 4.79 Å². The summed E-state index contributed by atoms with van der Waals surface area (Å²) in [5.74, 6) is -0.0475. The lowest BCUT2D eigenvalue weighted by atomic mass is 9.98. The summed E-state index contributed by atoms with van der Waals surface area (Å²) in [7, 11) is -3.82. The van der Waals surface area contributed by atoms with E-state index >= 15 is 0 Å². The molecular formula is C23H32N4O8P+. The standard InChI is InChI=1S/C23H31N4O8P/c1-16(22(28)33-17-8-4-2-5-9-17)26-36(30,35-18-10-6-3-7-11-18)32-15-21-31-14-20(34-21)27-13-12-19(24)25-23(27)29/h3,6-7,10-13,16-17,20-21,26,30H,2,4-5,8-9,14-15H2,1H3,(H-,24,25,29)/p+1/t16-,20-,21-,36?/m0/s1. The van der Waals surface area contributed by atoms with Crippen molar-refractivity contribution in [2.75, 3.05) is 18.9 Å². The molecule has 0 bridgehead atoms. The van der Waals surface area contributed by atoms with Gasteiger partial charge in [0.2, 0.25) is 0 Å². The molecule has 36 heavy (non-hydrogen) atoms. The number of carbonyl (C=O) groups excluding carboxylic acids is 1. The Labute approximate surface area is 209 Å². The number of nitrogens with two attached hydrogens (primary N) is 1. The quantitative estimate of drug-likeness (QED) is 0.310. The van der Waals surface area contributed by atoms with Gasteiger partial charge in [0, 0.05) is 6.20 Å². The topological polar surface area (TPSA) is 156 Å². The number of hydrogen-bond acceptors (Lipinski definition) is 11. The molecule has 4 rings (SSSR count). The average molecular weight is 524 g/mol. The van der Waals surface area contributed by atoms with Gasteiger partial charge in [0.1, 0.15) is 18.0 Å². The molecule has 1 unspecified atom stereocenters. The lowest BCUT2D eigenvalue weighted by molar-refractivity contribution is -0.152. The van der Waals surface area contributed by atoms with Crippen LogP contribution in [-0.2, 0) is 23.5 Å². The van der Waals surface area contributed by atoms with Crippen LogP contribution in [0.5, 0.6) is 5.75 Å². The molecule has 4 atom stereocenters. The van der Waals surface area contributed by atoms with E-state index in [1.54, 1.807) is 37.3 Å². The lowest BCUT2D eigenvalue weighted by Gasteiger charge is -2.25. The van der Waals surface area contributed by atoms with Crippen molar-refractivity contribution >= 4 is 19.9 Å². The predicted molar refractivity (Wildman–Crippen MR) is 130 cm³/mol. The maximum atomic E-state index is 12.7. The normalized spacial score (nSPS) is 23.1. The van der Waals surface area contributed by atoms with Crippen LogP contribution in [0.15, 0.2) is 47.4 Å². The fraction of sp³-hybridized carbons (Fsp3) is 0.522. The first-order chi connectivity index (χ1) is 17.3. The number of anilines is 1. The van der Waals surface area contributed by atoms with Gasteiger partial charge in [-0.2, -0.15) is 14.4 Å². The molecular weight excluding hydrogens is 491 g/mol. The Morgan fingerprint density at radius 1 is 1.28 bits per heavy atom. The second kappa shape index (κ2) is 12.1. The number of carbonyl (C=O) groups is 1. The third kappa shape index (κ3) is 7.22. The highest BCUT2D eigenvalue weighted by Crippen LogP contribution is 2.53. The van der Waals surface area contributed by atoms with Crippen molar-refractivity contribution in [3.63, 3.8) is 0 Å². The van der Waals surface area contributed by atoms with E-state index in [0.29, 0.717) is 5.75 Å². The van der Waals surface area contributed by atoms with Crippen LogP contribution in [-0.4, -0.2) is 52.1 Å². The summed E-state index contributed by atoms with van der Waals surface area (Å²) >= 11 is 0. The molecule has 2 heterocycles. The Bertz CT molecular complexity index is 1070. The molecule has 1 aromatic heterocycles. The zero-order chi connectivity index (χ0) is 25.5. The number of hydrogen-bond donors (Lipinski definition) is 3. The van der Waals surface area contributed by atoms with Crippen LogP contribution < -0.4 is 21.0 Å². The molecule has 4 N–H and O–H groups in total. The zero-order valence-corrected chi connectivity index (χ0v) is 20.9. The van der Waals surface area contributed by atoms with Crippen LogP contribution in [0.2, 0.25) is 0 Å². The Hall–Kier alpha value is -2.60. The maximum Gasteiger partial charge on any atom is 0.544 e. The van der Waals surface area contributed by atoms with Crippen LogP contribution in [0.4, 0.5) is 5.82 Å². The second-order valence-corrected chi connectivity index (χ2v) is 10.4. The van der Waals surface area contributed by atoms with E-state index in [1.807, 2.05) is 0 Å². The van der Waals surface area contributed by atoms with Crippen LogP contribution in [0.25, 0.3) is 0 Å². The highest BCUT2D eigenvalue weighted by molar-refractivity contribution is 7.58. The van der Waals surface area contributed by atoms with E-state index in [4.69, 9.17) is 29.0 Å². The maximum absolute atomic E-state index is 12.7. The first-order valence-electron chi connectivity index (χ1n) is 11.9. The fourth-order valence-electron chi connectivity index (χ4n) is 3.94. The van der Waals surface area contributed by atoms with Gasteiger partial charge in [0.25, 0.3) is 0 Å². The Morgan fingerprint density at radius 3 is 2.75 bits per heavy atom. The number of aromatic nitrogens is 2. The van der Waals surface area contributed by atoms with E-state index in [1.165, 1.54) is 16.8 Å². The van der Waals surface area contributed by atoms with Crippen molar-refractivity contribution in [2.24, 2.45) is 0 Å². The van der Waals surface area contributed by atoms with Crippen LogP contribution in [0.1, 0.15) is 45.3 Å². The molecule has 1 saturated carbocycles. The van der Waals surface area contributed by atoms with Crippen LogP contribution >= 0.6 is 8.09 Å². The Morgan fingerprint density at radius 2 is 2.03 bits per heavy atom. The number of nitrogens with zero attached hydrogens (tertiary/aromatic N) is 2. The summed E-state index contributed by atoms with van der Waals surface area (Å²) in [6.45, 7) is 1.41. The van der Waals surface area contributed by atoms with Gasteiger partial charge in [-0.05, 0) is 50.8 Å². The van der Waals surface area contributed by atoms with E-state index in [2.05, 4.69) is 10.1 Å². The minimum absolute atomic E-state index is 0.0630. The van der Waals surface area contributed by atoms with Gasteiger partial charge in [-0.1, -0.05) is 29.7 Å². The number of rotatable bonds is 10. The molecule has 0 spiro atoms. The van der Waals surface area contributed by atoms with E-state index in [0.717, 1.165) is 32.1 Å². The number of para-hydroxylation sites is 1. The second-order valence-electron chi connectivity index (χ2n) is 8.66. The highest BCUT2D eigenvalue weighted by atomic mass is 31.2. The summed E-state index contributed by atoms with van der Waals surface area (Å²) in [5, 5.41) is 2.77. The molecule has 1 aliphatic heterocycles. The molecule has 12 nitrogen and oxygen atoms in total. The van der Waals surface area contributed by atoms with Crippen molar-refractivity contribution < 1.29 is 32.9 Å². The van der Waals surface area contributed by atoms with Crippen molar-refractivity contribution in [3.05, 3.63) is 53.1 Å². The Balaban J connectivity index is 1.38. The van der Waals surface area contributed by atoms with Crippen molar-refractivity contribution in [1.82, 2.24) is 14.6 Å². The van der Waals surface area contributed by atoms with Crippen molar-refractivity contribution in [3.8, 4) is 5.75 Å². The number of benzene rings is 1. The molecule has 2 aromatic rings. The SMILES string of the molecule is C[C@H](N[P+](O)(OC[C@H]1OC[C@@H](n2ccc(N)nc2=O)O1)Oc1ccccc1)C(=O)OC1CCCCC1. The van der Waals surface area contributed by atoms with Crippen molar-refractivity contribution in [1.29, 1.82) is 0 Å². The third-order valence-electron chi connectivity index (χ3n) is 5.80. The number of esters is 1. The molecule has 1 aromatic carbocycles. The van der Waals surface area contributed by atoms with Gasteiger partial charge >= 0.3 is 19.8 Å². The molecule has 1 aliphatic carbocycles. The minimum Gasteiger partial charge on any atom is -0.461 e. The predicted octanol–water partition coefficient (Wildman–Crippen LogP) is 2.32. The summed E-state index contributed by atoms with van der Waals surface area (Å²) in [5.41, 5.74) is 4.96. The smallest absolute Gasteiger partial charge is 0.461 e.